The summed E-state index contributed by atoms with van der Waals surface area (Å²) in [6.45, 7) is 2.84. The maximum absolute atomic E-state index is 13.6. The average Bonchev–Trinajstić information content (AvgIpc) is 2.90. The first-order valence-corrected chi connectivity index (χ1v) is 8.06. The van der Waals surface area contributed by atoms with Gasteiger partial charge < -0.3 is 5.73 Å². The van der Waals surface area contributed by atoms with E-state index in [1.165, 1.54) is 17.0 Å². The van der Waals surface area contributed by atoms with Gasteiger partial charge in [-0.15, -0.1) is 11.3 Å². The Balaban J connectivity index is 2.04. The standard InChI is InChI=1S/C16H19FN2S2/c1-11(6-15-4-3-5-21-15)19(2)10-12-7-13(16(18)20)9-14(17)8-12/h3-5,7-9,11H,6,10H2,1-2H3,(H2,18,20). The SMILES string of the molecule is CC(Cc1cccs1)N(C)Cc1cc(F)cc(C(N)=S)c1. The van der Waals surface area contributed by atoms with Crippen LogP contribution in [0, 0.1) is 5.82 Å². The highest BCUT2D eigenvalue weighted by atomic mass is 32.1. The smallest absolute Gasteiger partial charge is 0.124 e. The molecule has 2 aromatic rings. The summed E-state index contributed by atoms with van der Waals surface area (Å²) in [6, 6.07) is 9.35. The highest BCUT2D eigenvalue weighted by molar-refractivity contribution is 7.80. The van der Waals surface area contributed by atoms with Crippen molar-refractivity contribution in [3.63, 3.8) is 0 Å². The van der Waals surface area contributed by atoms with Crippen LogP contribution >= 0.6 is 23.6 Å². The van der Waals surface area contributed by atoms with Crippen LogP contribution in [0.1, 0.15) is 22.9 Å². The summed E-state index contributed by atoms with van der Waals surface area (Å²) < 4.78 is 13.6. The van der Waals surface area contributed by atoms with Crippen LogP contribution in [0.2, 0.25) is 0 Å². The molecule has 0 spiro atoms. The van der Waals surface area contributed by atoms with Gasteiger partial charge in [0, 0.05) is 23.0 Å². The Labute approximate surface area is 134 Å². The van der Waals surface area contributed by atoms with Gasteiger partial charge in [0.2, 0.25) is 0 Å². The lowest BCUT2D eigenvalue weighted by atomic mass is 10.1. The van der Waals surface area contributed by atoms with Crippen molar-refractivity contribution in [3.05, 3.63) is 57.5 Å². The summed E-state index contributed by atoms with van der Waals surface area (Å²) in [4.78, 5) is 3.79. The fourth-order valence-electron chi connectivity index (χ4n) is 2.20. The third-order valence-electron chi connectivity index (χ3n) is 3.50. The molecule has 112 valence electrons. The molecule has 1 aromatic heterocycles. The van der Waals surface area contributed by atoms with Gasteiger partial charge in [0.15, 0.2) is 0 Å². The highest BCUT2D eigenvalue weighted by Gasteiger charge is 2.12. The molecule has 1 atom stereocenters. The molecule has 1 heterocycles. The van der Waals surface area contributed by atoms with Crippen molar-refractivity contribution in [1.29, 1.82) is 0 Å². The van der Waals surface area contributed by atoms with Crippen LogP contribution < -0.4 is 5.73 Å². The molecule has 21 heavy (non-hydrogen) atoms. The number of thiocarbonyl (C=S) groups is 1. The number of halogens is 1. The quantitative estimate of drug-likeness (QED) is 0.824. The molecule has 0 aliphatic carbocycles. The van der Waals surface area contributed by atoms with Crippen LogP contribution in [0.3, 0.4) is 0 Å². The van der Waals surface area contributed by atoms with Crippen molar-refractivity contribution in [1.82, 2.24) is 4.90 Å². The molecule has 0 fully saturated rings. The van der Waals surface area contributed by atoms with Gasteiger partial charge in [-0.1, -0.05) is 18.3 Å². The first-order valence-electron chi connectivity index (χ1n) is 6.77. The number of nitrogens with two attached hydrogens (primary N) is 1. The minimum atomic E-state index is -0.297. The Kier molecular flexibility index (Phi) is 5.45. The van der Waals surface area contributed by atoms with E-state index >= 15 is 0 Å². The van der Waals surface area contributed by atoms with Gasteiger partial charge in [0.05, 0.1) is 0 Å². The second-order valence-corrected chi connectivity index (χ2v) is 6.73. The highest BCUT2D eigenvalue weighted by Crippen LogP contribution is 2.16. The summed E-state index contributed by atoms with van der Waals surface area (Å²) in [5.41, 5.74) is 7.06. The van der Waals surface area contributed by atoms with E-state index < -0.39 is 0 Å². The van der Waals surface area contributed by atoms with Crippen molar-refractivity contribution in [2.45, 2.75) is 25.9 Å². The topological polar surface area (TPSA) is 29.3 Å². The largest absolute Gasteiger partial charge is 0.389 e. The van der Waals surface area contributed by atoms with Gasteiger partial charge in [-0.2, -0.15) is 0 Å². The van der Waals surface area contributed by atoms with Crippen LogP contribution in [-0.2, 0) is 13.0 Å². The van der Waals surface area contributed by atoms with Gasteiger partial charge in [-0.05, 0) is 55.6 Å². The molecule has 2 rings (SSSR count). The Morgan fingerprint density at radius 3 is 2.81 bits per heavy atom. The normalized spacial score (nSPS) is 12.6. The van der Waals surface area contributed by atoms with E-state index in [2.05, 4.69) is 29.3 Å². The van der Waals surface area contributed by atoms with Gasteiger partial charge in [-0.25, -0.2) is 4.39 Å². The molecule has 0 saturated carbocycles. The van der Waals surface area contributed by atoms with Gasteiger partial charge in [0.1, 0.15) is 10.8 Å². The van der Waals surface area contributed by atoms with E-state index in [1.54, 1.807) is 11.3 Å². The zero-order chi connectivity index (χ0) is 15.4. The molecule has 0 aliphatic heterocycles. The monoisotopic (exact) mass is 322 g/mol. The van der Waals surface area contributed by atoms with Gasteiger partial charge >= 0.3 is 0 Å². The van der Waals surface area contributed by atoms with E-state index in [0.717, 1.165) is 12.0 Å². The Hall–Kier alpha value is -1.30. The fraction of sp³-hybridized carbons (Fsp3) is 0.312. The molecule has 2 N–H and O–H groups in total. The van der Waals surface area contributed by atoms with Crippen molar-refractivity contribution in [2.24, 2.45) is 5.73 Å². The molecular formula is C16H19FN2S2. The lowest BCUT2D eigenvalue weighted by molar-refractivity contribution is 0.248. The average molecular weight is 322 g/mol. The molecule has 1 unspecified atom stereocenters. The minimum absolute atomic E-state index is 0.227. The van der Waals surface area contributed by atoms with Crippen LogP contribution in [0.15, 0.2) is 35.7 Å². The summed E-state index contributed by atoms with van der Waals surface area (Å²) in [5, 5.41) is 2.09. The molecule has 0 radical (unpaired) electrons. The molecule has 2 nitrogen and oxygen atoms in total. The maximum Gasteiger partial charge on any atom is 0.124 e. The number of benzene rings is 1. The van der Waals surface area contributed by atoms with E-state index in [1.807, 2.05) is 13.1 Å². The molecular weight excluding hydrogens is 303 g/mol. The number of thiophene rings is 1. The first kappa shape index (κ1) is 16.1. The lowest BCUT2D eigenvalue weighted by Gasteiger charge is -2.24. The van der Waals surface area contributed by atoms with Gasteiger partial charge in [0.25, 0.3) is 0 Å². The molecule has 0 amide bonds. The molecule has 1 aromatic carbocycles. The zero-order valence-electron chi connectivity index (χ0n) is 12.2. The third-order valence-corrected chi connectivity index (χ3v) is 4.64. The fourth-order valence-corrected chi connectivity index (χ4v) is 3.15. The van der Waals surface area contributed by atoms with Crippen molar-refractivity contribution >= 4 is 28.5 Å². The van der Waals surface area contributed by atoms with E-state index in [9.17, 15) is 4.39 Å². The molecule has 5 heteroatoms. The zero-order valence-corrected chi connectivity index (χ0v) is 13.8. The van der Waals surface area contributed by atoms with E-state index in [4.69, 9.17) is 18.0 Å². The number of rotatable bonds is 6. The van der Waals surface area contributed by atoms with Crippen molar-refractivity contribution < 1.29 is 4.39 Å². The molecule has 0 bridgehead atoms. The predicted molar refractivity (Wildman–Crippen MR) is 91.2 cm³/mol. The van der Waals surface area contributed by atoms with Crippen LogP contribution in [0.25, 0.3) is 0 Å². The van der Waals surface area contributed by atoms with Crippen LogP contribution in [-0.4, -0.2) is 23.0 Å². The Bertz CT molecular complexity index is 611. The molecule has 0 aliphatic rings. The predicted octanol–water partition coefficient (Wildman–Crippen LogP) is 3.58. The lowest BCUT2D eigenvalue weighted by Crippen LogP contribution is -2.30. The Morgan fingerprint density at radius 1 is 1.43 bits per heavy atom. The van der Waals surface area contributed by atoms with Gasteiger partial charge in [-0.3, -0.25) is 4.90 Å². The third kappa shape index (κ3) is 4.59. The number of likely N-dealkylation sites (N-methyl/N-ethyl adjacent to an activating group) is 1. The summed E-state index contributed by atoms with van der Waals surface area (Å²) >= 11 is 6.69. The van der Waals surface area contributed by atoms with Crippen LogP contribution in [0.5, 0.6) is 0 Å². The van der Waals surface area contributed by atoms with Crippen LogP contribution in [0.4, 0.5) is 4.39 Å². The minimum Gasteiger partial charge on any atom is -0.389 e. The maximum atomic E-state index is 13.6. The van der Waals surface area contributed by atoms with E-state index in [-0.39, 0.29) is 10.8 Å². The summed E-state index contributed by atoms with van der Waals surface area (Å²) in [7, 11) is 2.05. The summed E-state index contributed by atoms with van der Waals surface area (Å²) in [6.07, 6.45) is 0.992. The first-order chi connectivity index (χ1) is 9.95. The molecule has 0 saturated heterocycles. The number of hydrogen-bond acceptors (Lipinski definition) is 3. The second-order valence-electron chi connectivity index (χ2n) is 5.26. The summed E-state index contributed by atoms with van der Waals surface area (Å²) in [5.74, 6) is -0.297. The number of nitrogens with zero attached hydrogens (tertiary/aromatic N) is 1. The van der Waals surface area contributed by atoms with Crippen molar-refractivity contribution in [3.8, 4) is 0 Å². The number of hydrogen-bond donors (Lipinski definition) is 1. The Morgan fingerprint density at radius 2 is 2.19 bits per heavy atom. The second kappa shape index (κ2) is 7.11. The van der Waals surface area contributed by atoms with Crippen molar-refractivity contribution in [2.75, 3.05) is 7.05 Å². The van der Waals surface area contributed by atoms with E-state index in [0.29, 0.717) is 18.2 Å².